The van der Waals surface area contributed by atoms with Crippen LogP contribution in [-0.2, 0) is 25.2 Å². The smallest absolute Gasteiger partial charge is 0.239 e. The van der Waals surface area contributed by atoms with Crippen molar-refractivity contribution in [3.63, 3.8) is 0 Å². The van der Waals surface area contributed by atoms with E-state index in [9.17, 15) is 0 Å². The first-order valence-corrected chi connectivity index (χ1v) is 16.4. The number of halogens is 2. The largest absolute Gasteiger partial charge is 0.297 e. The monoisotopic (exact) mass is 653 g/mol. The van der Waals surface area contributed by atoms with Crippen molar-refractivity contribution in [3.05, 3.63) is 171 Å². The van der Waals surface area contributed by atoms with Gasteiger partial charge in [0, 0.05) is 10.0 Å². The average Bonchev–Trinajstić information content (AvgIpc) is 3.59. The Hall–Kier alpha value is -4.77. The maximum Gasteiger partial charge on any atom is 0.239 e. The molecule has 0 N–H and O–H groups in total. The Morgan fingerprint density at radius 3 is 1.36 bits per heavy atom. The van der Waals surface area contributed by atoms with Crippen LogP contribution in [0.3, 0.4) is 0 Å². The van der Waals surface area contributed by atoms with E-state index in [1.54, 1.807) is 24.3 Å². The molecule has 0 radical (unpaired) electrons. The fourth-order valence-electron chi connectivity index (χ4n) is 8.48. The van der Waals surface area contributed by atoms with Crippen LogP contribution >= 0.6 is 23.2 Å². The highest BCUT2D eigenvalue weighted by Gasteiger charge is 2.82. The summed E-state index contributed by atoms with van der Waals surface area (Å²) in [6, 6.07) is 39.5. The fourth-order valence-corrected chi connectivity index (χ4v) is 8.73. The van der Waals surface area contributed by atoms with Crippen molar-refractivity contribution in [2.75, 3.05) is 4.90 Å². The molecule has 4 atom stereocenters. The molecule has 5 aromatic carbocycles. The molecule has 1 saturated heterocycles. The summed E-state index contributed by atoms with van der Waals surface area (Å²) >= 11 is 12.8. The summed E-state index contributed by atoms with van der Waals surface area (Å²) < 4.78 is 0. The van der Waals surface area contributed by atoms with E-state index in [-0.39, 0.29) is 17.6 Å². The van der Waals surface area contributed by atoms with Crippen LogP contribution in [0.2, 0.25) is 10.0 Å². The molecular weight excluding hydrogens is 625 g/mol. The van der Waals surface area contributed by atoms with E-state index in [0.717, 1.165) is 33.4 Å². The molecule has 0 unspecified atom stereocenters. The van der Waals surface area contributed by atoms with Crippen LogP contribution in [-0.4, -0.2) is 17.6 Å². The number of Topliss-reactive ketones (excluding diaryl/α,β-unsaturated/α-hetero) is 1. The molecule has 2 aliphatic carbocycles. The number of rotatable bonds is 5. The van der Waals surface area contributed by atoms with Gasteiger partial charge < -0.3 is 0 Å². The van der Waals surface area contributed by atoms with Crippen molar-refractivity contribution in [1.29, 1.82) is 0 Å². The van der Waals surface area contributed by atoms with Crippen molar-refractivity contribution in [2.24, 2.45) is 11.8 Å². The number of ketones is 1. The molecule has 1 saturated carbocycles. The Balaban J connectivity index is 1.55. The van der Waals surface area contributed by atoms with Crippen LogP contribution in [0.25, 0.3) is 11.1 Å². The van der Waals surface area contributed by atoms with E-state index in [1.807, 2.05) is 117 Å². The van der Waals surface area contributed by atoms with Crippen LogP contribution in [0.4, 0.5) is 5.69 Å². The predicted molar refractivity (Wildman–Crippen MR) is 186 cm³/mol. The van der Waals surface area contributed by atoms with Crippen LogP contribution in [0.5, 0.6) is 0 Å². The van der Waals surface area contributed by atoms with Gasteiger partial charge in [-0.3, -0.25) is 14.4 Å². The average molecular weight is 655 g/mol. The standard InChI is InChI=1S/C41H29Cl2NO3/c1-24-13-22-32(23-25(24)2)44-37(45)35-36(38(44)46)41(29-16-20-31(43)21-17-29)34(27-11-7-4-8-12-27)33(26-9-5-3-6-10-26)40(35,39(41)47)28-14-18-30(42)19-15-28/h3-23,35-36H,1-2H3/t35-,36-,40+,41+/m1/s1. The number of nitrogens with zero attached hydrogens (tertiary/aromatic N) is 1. The van der Waals surface area contributed by atoms with Crippen molar-refractivity contribution in [2.45, 2.75) is 24.7 Å². The number of imide groups is 1. The molecule has 8 rings (SSSR count). The van der Waals surface area contributed by atoms with Gasteiger partial charge in [-0.05, 0) is 94.8 Å². The molecule has 5 aromatic rings. The van der Waals surface area contributed by atoms with Gasteiger partial charge in [0.05, 0.1) is 28.4 Å². The van der Waals surface area contributed by atoms with E-state index >= 15 is 14.4 Å². The van der Waals surface area contributed by atoms with Crippen molar-refractivity contribution in [1.82, 2.24) is 0 Å². The van der Waals surface area contributed by atoms with Gasteiger partial charge in [-0.15, -0.1) is 0 Å². The maximum atomic E-state index is 16.0. The Labute approximate surface area is 283 Å². The summed E-state index contributed by atoms with van der Waals surface area (Å²) in [5.41, 5.74) is 3.88. The zero-order valence-electron chi connectivity index (χ0n) is 25.7. The SMILES string of the molecule is Cc1ccc(N2C(=O)[C@H]3[C@H](C2=O)[C@@]2(c4ccc(Cl)cc4)C(=O)[C@@]3(c3ccc(Cl)cc3)C(c3ccccc3)=C2c2ccccc2)cc1C. The molecule has 0 spiro atoms. The van der Waals surface area contributed by atoms with Crippen LogP contribution in [0, 0.1) is 25.7 Å². The summed E-state index contributed by atoms with van der Waals surface area (Å²) in [5, 5.41) is 1.02. The lowest BCUT2D eigenvalue weighted by molar-refractivity contribution is -0.130. The van der Waals surface area contributed by atoms with E-state index in [1.165, 1.54) is 4.90 Å². The lowest BCUT2D eigenvalue weighted by Gasteiger charge is -2.39. The minimum absolute atomic E-state index is 0.191. The summed E-state index contributed by atoms with van der Waals surface area (Å²) in [4.78, 5) is 47.5. The number of benzene rings is 5. The normalized spacial score (nSPS) is 24.8. The van der Waals surface area contributed by atoms with Gasteiger partial charge in [-0.1, -0.05) is 114 Å². The zero-order chi connectivity index (χ0) is 32.7. The first kappa shape index (κ1) is 29.6. The molecule has 1 aliphatic heterocycles. The van der Waals surface area contributed by atoms with Crippen LogP contribution in [0.15, 0.2) is 127 Å². The second kappa shape index (κ2) is 10.6. The summed E-state index contributed by atoms with van der Waals surface area (Å²) in [6.45, 7) is 3.96. The molecule has 2 amide bonds. The number of hydrogen-bond acceptors (Lipinski definition) is 3. The summed E-state index contributed by atoms with van der Waals surface area (Å²) in [7, 11) is 0. The lowest BCUT2D eigenvalue weighted by atomic mass is 9.59. The molecule has 1 heterocycles. The number of amides is 2. The number of allylic oxidation sites excluding steroid dienone is 2. The van der Waals surface area contributed by atoms with Crippen LogP contribution < -0.4 is 4.90 Å². The highest BCUT2D eigenvalue weighted by Crippen LogP contribution is 2.74. The summed E-state index contributed by atoms with van der Waals surface area (Å²) in [6.07, 6.45) is 0. The van der Waals surface area contributed by atoms with E-state index < -0.39 is 22.7 Å². The number of carbonyl (C=O) groups is 3. The molecule has 2 bridgehead atoms. The van der Waals surface area contributed by atoms with Gasteiger partial charge in [-0.2, -0.15) is 0 Å². The van der Waals surface area contributed by atoms with Gasteiger partial charge in [0.1, 0.15) is 0 Å². The number of aryl methyl sites for hydroxylation is 2. The minimum atomic E-state index is -1.50. The van der Waals surface area contributed by atoms with Crippen molar-refractivity contribution in [3.8, 4) is 0 Å². The van der Waals surface area contributed by atoms with Gasteiger partial charge in [0.15, 0.2) is 5.78 Å². The Morgan fingerprint density at radius 1 is 0.532 bits per heavy atom. The molecule has 4 nitrogen and oxygen atoms in total. The highest BCUT2D eigenvalue weighted by molar-refractivity contribution is 6.39. The predicted octanol–water partition coefficient (Wildman–Crippen LogP) is 8.80. The first-order chi connectivity index (χ1) is 22.7. The van der Waals surface area contributed by atoms with Crippen molar-refractivity contribution >= 4 is 57.6 Å². The van der Waals surface area contributed by atoms with Gasteiger partial charge in [0.25, 0.3) is 0 Å². The number of hydrogen-bond donors (Lipinski definition) is 0. The number of fused-ring (bicyclic) bond motifs is 5. The third-order valence-electron chi connectivity index (χ3n) is 10.5. The maximum absolute atomic E-state index is 16.0. The molecule has 230 valence electrons. The van der Waals surface area contributed by atoms with Crippen LogP contribution in [0.1, 0.15) is 33.4 Å². The van der Waals surface area contributed by atoms with Gasteiger partial charge in [-0.25, -0.2) is 4.90 Å². The third-order valence-corrected chi connectivity index (χ3v) is 11.0. The highest BCUT2D eigenvalue weighted by atomic mass is 35.5. The number of carbonyl (C=O) groups excluding carboxylic acids is 3. The molecule has 2 fully saturated rings. The first-order valence-electron chi connectivity index (χ1n) is 15.6. The molecule has 0 aromatic heterocycles. The topological polar surface area (TPSA) is 54.5 Å². The van der Waals surface area contributed by atoms with Gasteiger partial charge >= 0.3 is 0 Å². The van der Waals surface area contributed by atoms with E-state index in [0.29, 0.717) is 26.9 Å². The lowest BCUT2D eigenvalue weighted by Crippen LogP contribution is -2.45. The second-order valence-electron chi connectivity index (χ2n) is 12.7. The third kappa shape index (κ3) is 3.86. The summed E-state index contributed by atoms with van der Waals surface area (Å²) in [5.74, 6) is -2.98. The molecule has 3 aliphatic rings. The quantitative estimate of drug-likeness (QED) is 0.178. The zero-order valence-corrected chi connectivity index (χ0v) is 27.2. The Morgan fingerprint density at radius 2 is 0.957 bits per heavy atom. The van der Waals surface area contributed by atoms with E-state index in [2.05, 4.69) is 0 Å². The molecule has 47 heavy (non-hydrogen) atoms. The molecular formula is C41H29Cl2NO3. The van der Waals surface area contributed by atoms with Crippen molar-refractivity contribution < 1.29 is 14.4 Å². The number of anilines is 1. The van der Waals surface area contributed by atoms with Gasteiger partial charge in [0.2, 0.25) is 11.8 Å². The molecule has 6 heteroatoms. The van der Waals surface area contributed by atoms with E-state index in [4.69, 9.17) is 23.2 Å². The minimum Gasteiger partial charge on any atom is -0.297 e. The Kier molecular flexibility index (Phi) is 6.70. The Bertz CT molecular complexity index is 2010. The second-order valence-corrected chi connectivity index (χ2v) is 13.5. The fraction of sp³-hybridized carbons (Fsp3) is 0.146.